The molecule has 0 bridgehead atoms. The zero-order valence-corrected chi connectivity index (χ0v) is 20.8. The first-order valence-corrected chi connectivity index (χ1v) is 12.2. The summed E-state index contributed by atoms with van der Waals surface area (Å²) in [7, 11) is 1.55. The molecule has 36 heavy (non-hydrogen) atoms. The summed E-state index contributed by atoms with van der Waals surface area (Å²) in [5.74, 6) is 0.520. The van der Waals surface area contributed by atoms with Crippen LogP contribution >= 0.6 is 23.4 Å². The van der Waals surface area contributed by atoms with Crippen molar-refractivity contribution in [2.45, 2.75) is 11.7 Å². The van der Waals surface area contributed by atoms with Gasteiger partial charge in [0.15, 0.2) is 11.0 Å². The first-order chi connectivity index (χ1) is 17.5. The molecule has 0 spiro atoms. The molecule has 4 aromatic rings. The SMILES string of the molecule is COc1ccc(C(=O)NNC(=O)CSc2nnc(CNc3ccc(Cl)cc3)n2-c2ccccc2)cc1. The van der Waals surface area contributed by atoms with Crippen LogP contribution in [0.3, 0.4) is 0 Å². The number of halogens is 1. The van der Waals surface area contributed by atoms with Crippen molar-refractivity contribution in [2.75, 3.05) is 18.2 Å². The van der Waals surface area contributed by atoms with Gasteiger partial charge >= 0.3 is 0 Å². The number of carbonyl (C=O) groups excluding carboxylic acids is 2. The van der Waals surface area contributed by atoms with Gasteiger partial charge in [-0.25, -0.2) is 0 Å². The molecule has 3 N–H and O–H groups in total. The predicted molar refractivity (Wildman–Crippen MR) is 139 cm³/mol. The number of methoxy groups -OCH3 is 1. The van der Waals surface area contributed by atoms with Gasteiger partial charge in [-0.15, -0.1) is 10.2 Å². The van der Waals surface area contributed by atoms with Gasteiger partial charge in [0, 0.05) is 22.0 Å². The van der Waals surface area contributed by atoms with Crippen LogP contribution in [0.5, 0.6) is 5.75 Å². The lowest BCUT2D eigenvalue weighted by Gasteiger charge is -2.12. The van der Waals surface area contributed by atoms with E-state index >= 15 is 0 Å². The Kier molecular flexibility index (Phi) is 8.43. The second kappa shape index (κ2) is 12.1. The van der Waals surface area contributed by atoms with E-state index in [0.29, 0.717) is 33.9 Å². The second-order valence-electron chi connectivity index (χ2n) is 7.45. The lowest BCUT2D eigenvalue weighted by Crippen LogP contribution is -2.42. The molecule has 0 fully saturated rings. The highest BCUT2D eigenvalue weighted by atomic mass is 35.5. The van der Waals surface area contributed by atoms with Crippen molar-refractivity contribution in [3.63, 3.8) is 0 Å². The molecular weight excluding hydrogens is 500 g/mol. The molecule has 0 radical (unpaired) electrons. The van der Waals surface area contributed by atoms with E-state index in [4.69, 9.17) is 16.3 Å². The normalized spacial score (nSPS) is 10.5. The van der Waals surface area contributed by atoms with E-state index in [9.17, 15) is 9.59 Å². The van der Waals surface area contributed by atoms with Gasteiger partial charge in [-0.3, -0.25) is 25.0 Å². The quantitative estimate of drug-likeness (QED) is 0.224. The standard InChI is InChI=1S/C25H23ClN6O3S/c1-35-21-13-7-17(8-14-21)24(34)30-29-23(33)16-36-25-31-28-22(32(25)20-5-3-2-4-6-20)15-27-19-11-9-18(26)10-12-19/h2-14,27H,15-16H2,1H3,(H,29,33)(H,30,34). The number of hydrazine groups is 1. The Balaban J connectivity index is 1.38. The molecule has 0 saturated carbocycles. The number of hydrogen-bond acceptors (Lipinski definition) is 7. The summed E-state index contributed by atoms with van der Waals surface area (Å²) in [5, 5.41) is 13.1. The van der Waals surface area contributed by atoms with Crippen molar-refractivity contribution in [2.24, 2.45) is 0 Å². The van der Waals surface area contributed by atoms with Gasteiger partial charge in [-0.05, 0) is 60.7 Å². The molecule has 11 heteroatoms. The summed E-state index contributed by atoms with van der Waals surface area (Å²) in [6, 6.07) is 23.6. The number of benzene rings is 3. The van der Waals surface area contributed by atoms with Crippen LogP contribution in [0.25, 0.3) is 5.69 Å². The molecule has 0 atom stereocenters. The van der Waals surface area contributed by atoms with Crippen LogP contribution in [0.2, 0.25) is 5.02 Å². The maximum atomic E-state index is 12.4. The molecular formula is C25H23ClN6O3S. The van der Waals surface area contributed by atoms with Crippen LogP contribution in [-0.4, -0.2) is 39.4 Å². The number of amides is 2. The van der Waals surface area contributed by atoms with Crippen molar-refractivity contribution in [1.29, 1.82) is 0 Å². The first kappa shape index (κ1) is 25.1. The summed E-state index contributed by atoms with van der Waals surface area (Å²) in [4.78, 5) is 24.7. The second-order valence-corrected chi connectivity index (χ2v) is 8.83. The minimum absolute atomic E-state index is 0.0263. The third-order valence-corrected chi connectivity index (χ3v) is 6.19. The number of para-hydroxylation sites is 1. The Bertz CT molecular complexity index is 1310. The van der Waals surface area contributed by atoms with Gasteiger partial charge in [-0.1, -0.05) is 41.6 Å². The molecule has 0 saturated heterocycles. The van der Waals surface area contributed by atoms with E-state index in [2.05, 4.69) is 26.4 Å². The Morgan fingerprint density at radius 1 is 0.944 bits per heavy atom. The van der Waals surface area contributed by atoms with E-state index in [1.54, 1.807) is 43.5 Å². The number of anilines is 1. The Morgan fingerprint density at radius 2 is 1.67 bits per heavy atom. The lowest BCUT2D eigenvalue weighted by atomic mass is 10.2. The smallest absolute Gasteiger partial charge is 0.269 e. The maximum Gasteiger partial charge on any atom is 0.269 e. The van der Waals surface area contributed by atoms with Gasteiger partial charge in [-0.2, -0.15) is 0 Å². The summed E-state index contributed by atoms with van der Waals surface area (Å²) < 4.78 is 6.97. The number of thioether (sulfide) groups is 1. The van der Waals surface area contributed by atoms with Crippen LogP contribution in [0, 0.1) is 0 Å². The van der Waals surface area contributed by atoms with Crippen LogP contribution in [0.15, 0.2) is 84.0 Å². The number of rotatable bonds is 9. The number of nitrogens with one attached hydrogen (secondary N) is 3. The summed E-state index contributed by atoms with van der Waals surface area (Å²) in [6.45, 7) is 0.411. The molecule has 184 valence electrons. The number of nitrogens with zero attached hydrogens (tertiary/aromatic N) is 3. The maximum absolute atomic E-state index is 12.4. The van der Waals surface area contributed by atoms with Crippen LogP contribution in [0.4, 0.5) is 5.69 Å². The zero-order chi connectivity index (χ0) is 25.3. The molecule has 0 unspecified atom stereocenters. The fourth-order valence-corrected chi connectivity index (χ4v) is 4.10. The largest absolute Gasteiger partial charge is 0.497 e. The van der Waals surface area contributed by atoms with Crippen LogP contribution in [-0.2, 0) is 11.3 Å². The highest BCUT2D eigenvalue weighted by Crippen LogP contribution is 2.23. The molecule has 4 rings (SSSR count). The molecule has 3 aromatic carbocycles. The highest BCUT2D eigenvalue weighted by Gasteiger charge is 2.16. The van der Waals surface area contributed by atoms with E-state index in [1.807, 2.05) is 47.0 Å². The fraction of sp³-hybridized carbons (Fsp3) is 0.120. The van der Waals surface area contributed by atoms with Crippen molar-refractivity contribution >= 4 is 40.9 Å². The van der Waals surface area contributed by atoms with Crippen LogP contribution < -0.4 is 20.9 Å². The molecule has 0 aliphatic heterocycles. The van der Waals surface area contributed by atoms with E-state index in [0.717, 1.165) is 11.4 Å². The average Bonchev–Trinajstić information content (AvgIpc) is 3.33. The van der Waals surface area contributed by atoms with E-state index < -0.39 is 5.91 Å². The molecule has 9 nitrogen and oxygen atoms in total. The summed E-state index contributed by atoms with van der Waals surface area (Å²) in [6.07, 6.45) is 0. The third kappa shape index (κ3) is 6.55. The zero-order valence-electron chi connectivity index (χ0n) is 19.3. The minimum atomic E-state index is -0.431. The highest BCUT2D eigenvalue weighted by molar-refractivity contribution is 7.99. The Morgan fingerprint density at radius 3 is 2.36 bits per heavy atom. The molecule has 1 aromatic heterocycles. The van der Waals surface area contributed by atoms with Gasteiger partial charge in [0.2, 0.25) is 5.91 Å². The fourth-order valence-electron chi connectivity index (χ4n) is 3.20. The topological polar surface area (TPSA) is 110 Å². The van der Waals surface area contributed by atoms with Gasteiger partial charge in [0.05, 0.1) is 19.4 Å². The number of aromatic nitrogens is 3. The lowest BCUT2D eigenvalue weighted by molar-refractivity contribution is -0.119. The van der Waals surface area contributed by atoms with Gasteiger partial charge < -0.3 is 10.1 Å². The number of ether oxygens (including phenoxy) is 1. The van der Waals surface area contributed by atoms with Crippen molar-refractivity contribution in [3.05, 3.63) is 95.3 Å². The van der Waals surface area contributed by atoms with E-state index in [-0.39, 0.29) is 11.7 Å². The Hall–Kier alpha value is -4.02. The van der Waals surface area contributed by atoms with Crippen LogP contribution in [0.1, 0.15) is 16.2 Å². The minimum Gasteiger partial charge on any atom is -0.497 e. The third-order valence-electron chi connectivity index (χ3n) is 5.01. The molecule has 0 aliphatic rings. The molecule has 2 amide bonds. The predicted octanol–water partition coefficient (Wildman–Crippen LogP) is 4.09. The Labute approximate surface area is 217 Å². The monoisotopic (exact) mass is 522 g/mol. The van der Waals surface area contributed by atoms with Crippen molar-refractivity contribution in [1.82, 2.24) is 25.6 Å². The van der Waals surface area contributed by atoms with E-state index in [1.165, 1.54) is 11.8 Å². The van der Waals surface area contributed by atoms with Crippen molar-refractivity contribution in [3.8, 4) is 11.4 Å². The van der Waals surface area contributed by atoms with Gasteiger partial charge in [0.25, 0.3) is 5.91 Å². The summed E-state index contributed by atoms with van der Waals surface area (Å²) in [5.41, 5.74) is 6.99. The molecule has 0 aliphatic carbocycles. The van der Waals surface area contributed by atoms with Crippen molar-refractivity contribution < 1.29 is 14.3 Å². The number of hydrogen-bond donors (Lipinski definition) is 3. The summed E-state index contributed by atoms with van der Waals surface area (Å²) >= 11 is 7.17. The molecule has 1 heterocycles. The number of carbonyl (C=O) groups is 2. The average molecular weight is 523 g/mol. The van der Waals surface area contributed by atoms with Gasteiger partial charge in [0.1, 0.15) is 5.75 Å². The first-order valence-electron chi connectivity index (χ1n) is 10.9.